The molecule has 0 aliphatic carbocycles. The standard InChI is InChI=1S/C57H39N3.C56H38N4/c1-2-12-40(13-3-1)53-34-54(49-22-8-18-45(30-49)41-14-6-16-43(28-41)47-20-10-24-51(32-47)56-37-58-39-59-38-56)36-55(35-53)50-23-9-19-46(31-50)42-15-7-17-44(29-42)48-21-11-25-52(33-48)57-26-4-5-27-60-57;1-2-25-60-56(23-1)50-21-8-17-46(31-50)42-13-4-11-40(27-42)44-15-6-19-48(29-44)53-32-52(33-54(34-53)51-22-9-24-57-35-51)47-18-5-14-43(28-47)39-10-3-12-41(26-39)45-16-7-20-49(30-45)55-36-58-38-59-37-55/h1-39H;1-38H. The number of rotatable bonds is 18. The van der Waals surface area contributed by atoms with Crippen LogP contribution in [0.1, 0.15) is 0 Å². The van der Waals surface area contributed by atoms with E-state index < -0.39 is 0 Å². The summed E-state index contributed by atoms with van der Waals surface area (Å²) in [6.45, 7) is 0. The van der Waals surface area contributed by atoms with Gasteiger partial charge in [0.25, 0.3) is 0 Å². The van der Waals surface area contributed by atoms with Crippen LogP contribution in [0.3, 0.4) is 0 Å². The molecule has 0 aliphatic rings. The highest BCUT2D eigenvalue weighted by molar-refractivity contribution is 5.89. The topological polar surface area (TPSA) is 90.2 Å². The van der Waals surface area contributed by atoms with E-state index in [1.807, 2.05) is 79.9 Å². The van der Waals surface area contributed by atoms with Crippen molar-refractivity contribution >= 4 is 0 Å². The van der Waals surface area contributed by atoms with E-state index in [4.69, 9.17) is 0 Å². The molecule has 0 saturated heterocycles. The molecular weight excluding hydrogens is 1460 g/mol. The van der Waals surface area contributed by atoms with Gasteiger partial charge in [0.2, 0.25) is 0 Å². The molecule has 0 N–H and O–H groups in total. The molecular formula is C113H77N7. The van der Waals surface area contributed by atoms with Crippen LogP contribution in [0.15, 0.2) is 469 Å². The largest absolute Gasteiger partial charge is 0.264 e. The number of pyridine rings is 3. The molecule has 120 heavy (non-hydrogen) atoms. The van der Waals surface area contributed by atoms with Crippen LogP contribution in [0, 0.1) is 0 Å². The minimum absolute atomic E-state index is 0.967. The molecule has 7 heteroatoms. The van der Waals surface area contributed by atoms with Crippen molar-refractivity contribution in [2.75, 3.05) is 0 Å². The molecule has 0 bridgehead atoms. The maximum absolute atomic E-state index is 4.58. The van der Waals surface area contributed by atoms with E-state index in [1.165, 1.54) is 61.2 Å². The van der Waals surface area contributed by atoms with Crippen molar-refractivity contribution in [3.8, 4) is 201 Å². The van der Waals surface area contributed by atoms with Crippen LogP contribution in [0.25, 0.3) is 201 Å². The quantitative estimate of drug-likeness (QED) is 0.0845. The lowest BCUT2D eigenvalue weighted by atomic mass is 9.90. The Morgan fingerprint density at radius 3 is 0.533 bits per heavy atom. The highest BCUT2D eigenvalue weighted by Gasteiger charge is 2.17. The number of aromatic nitrogens is 7. The summed E-state index contributed by atoms with van der Waals surface area (Å²) < 4.78 is 0. The summed E-state index contributed by atoms with van der Waals surface area (Å²) in [7, 11) is 0. The molecule has 0 fully saturated rings. The number of benzene rings is 15. The van der Waals surface area contributed by atoms with Crippen LogP contribution in [-0.4, -0.2) is 34.9 Å². The Morgan fingerprint density at radius 2 is 0.292 bits per heavy atom. The molecule has 20 rings (SSSR count). The van der Waals surface area contributed by atoms with Crippen molar-refractivity contribution < 1.29 is 0 Å². The summed E-state index contributed by atoms with van der Waals surface area (Å²) in [6, 6.07) is 146. The fourth-order valence-electron chi connectivity index (χ4n) is 15.9. The lowest BCUT2D eigenvalue weighted by Gasteiger charge is -2.14. The molecule has 20 aromatic rings. The molecule has 0 saturated carbocycles. The van der Waals surface area contributed by atoms with Gasteiger partial charge in [0.1, 0.15) is 12.7 Å². The Labute approximate surface area is 699 Å². The first-order valence-electron chi connectivity index (χ1n) is 40.3. The minimum atomic E-state index is 0.967. The minimum Gasteiger partial charge on any atom is -0.264 e. The van der Waals surface area contributed by atoms with E-state index in [0.717, 1.165) is 139 Å². The zero-order valence-electron chi connectivity index (χ0n) is 65.6. The molecule has 0 spiro atoms. The van der Waals surface area contributed by atoms with Crippen LogP contribution >= 0.6 is 0 Å². The van der Waals surface area contributed by atoms with Gasteiger partial charge < -0.3 is 0 Å². The van der Waals surface area contributed by atoms with E-state index in [-0.39, 0.29) is 0 Å². The van der Waals surface area contributed by atoms with E-state index in [2.05, 4.69) is 411 Å². The second kappa shape index (κ2) is 34.5. The first-order chi connectivity index (χ1) is 59.4. The first kappa shape index (κ1) is 74.0. The third-order valence-corrected chi connectivity index (χ3v) is 22.0. The lowest BCUT2D eigenvalue weighted by molar-refractivity contribution is 1.17. The predicted molar refractivity (Wildman–Crippen MR) is 495 cm³/mol. The van der Waals surface area contributed by atoms with Crippen molar-refractivity contribution in [2.45, 2.75) is 0 Å². The molecule has 0 unspecified atom stereocenters. The number of nitrogens with zero attached hydrogens (tertiary/aromatic N) is 7. The molecule has 5 heterocycles. The smallest absolute Gasteiger partial charge is 0.115 e. The van der Waals surface area contributed by atoms with E-state index in [0.29, 0.717) is 0 Å². The molecule has 0 amide bonds. The molecule has 15 aromatic carbocycles. The van der Waals surface area contributed by atoms with E-state index in [1.54, 1.807) is 12.7 Å². The highest BCUT2D eigenvalue weighted by Crippen LogP contribution is 2.42. The van der Waals surface area contributed by atoms with Crippen molar-refractivity contribution in [2.24, 2.45) is 0 Å². The Bertz CT molecular complexity index is 6220. The zero-order chi connectivity index (χ0) is 80.2. The summed E-state index contributed by atoms with van der Waals surface area (Å²) >= 11 is 0. The summed E-state index contributed by atoms with van der Waals surface area (Å²) in [5.41, 5.74) is 40.7. The van der Waals surface area contributed by atoms with Gasteiger partial charge in [-0.2, -0.15) is 0 Å². The highest BCUT2D eigenvalue weighted by atomic mass is 14.8. The fourth-order valence-corrected chi connectivity index (χ4v) is 15.9. The van der Waals surface area contributed by atoms with Crippen LogP contribution in [0.5, 0.6) is 0 Å². The monoisotopic (exact) mass is 1530 g/mol. The van der Waals surface area contributed by atoms with Gasteiger partial charge in [-0.05, 0) is 301 Å². The summed E-state index contributed by atoms with van der Waals surface area (Å²) in [5, 5.41) is 0. The van der Waals surface area contributed by atoms with Crippen LogP contribution in [0.4, 0.5) is 0 Å². The summed E-state index contributed by atoms with van der Waals surface area (Å²) in [6.07, 6.45) is 18.0. The zero-order valence-corrected chi connectivity index (χ0v) is 65.6. The maximum atomic E-state index is 4.58. The number of hydrogen-bond acceptors (Lipinski definition) is 7. The fraction of sp³-hybridized carbons (Fsp3) is 0. The first-order valence-corrected chi connectivity index (χ1v) is 40.3. The second-order valence-corrected chi connectivity index (χ2v) is 29.9. The van der Waals surface area contributed by atoms with Gasteiger partial charge in [-0.15, -0.1) is 0 Å². The average molecular weight is 1530 g/mol. The third kappa shape index (κ3) is 16.9. The van der Waals surface area contributed by atoms with Gasteiger partial charge in [0.05, 0.1) is 11.4 Å². The van der Waals surface area contributed by atoms with Crippen molar-refractivity contribution in [3.05, 3.63) is 469 Å². The molecule has 0 atom stereocenters. The van der Waals surface area contributed by atoms with Crippen LogP contribution < -0.4 is 0 Å². The van der Waals surface area contributed by atoms with Crippen LogP contribution in [0.2, 0.25) is 0 Å². The lowest BCUT2D eigenvalue weighted by Crippen LogP contribution is -1.89. The predicted octanol–water partition coefficient (Wildman–Crippen LogP) is 29.1. The molecule has 5 aromatic heterocycles. The van der Waals surface area contributed by atoms with Gasteiger partial charge in [-0.3, -0.25) is 15.0 Å². The normalized spacial score (nSPS) is 11.0. The van der Waals surface area contributed by atoms with Gasteiger partial charge in [-0.1, -0.05) is 267 Å². The molecule has 7 nitrogen and oxygen atoms in total. The van der Waals surface area contributed by atoms with Gasteiger partial charge in [0.15, 0.2) is 0 Å². The van der Waals surface area contributed by atoms with E-state index in [9.17, 15) is 0 Å². The maximum Gasteiger partial charge on any atom is 0.115 e. The Kier molecular flexibility index (Phi) is 21.3. The summed E-state index contributed by atoms with van der Waals surface area (Å²) in [5.74, 6) is 0. The molecule has 0 aliphatic heterocycles. The van der Waals surface area contributed by atoms with Gasteiger partial charge in [0, 0.05) is 77.4 Å². The Morgan fingerprint density at radius 1 is 0.108 bits per heavy atom. The SMILES string of the molecule is c1ccc(-c2cc(-c3cccc(-c4cccc(-c5cccc(-c6cncnc6)c5)c4)c3)cc(-c3cccc(-c4cccc(-c5cccc(-c6ccccn6)c5)c4)c3)c2)cc1.c1ccc(-c2cccc(-c3cccc(-c4cccc(-c5cc(-c6cccnc6)cc(-c6cccc(-c7cccc(-c8cccc(-c9cncnc9)c8)c7)c6)c5)c4)c3)c2)nc1. The van der Waals surface area contributed by atoms with Gasteiger partial charge in [-0.25, -0.2) is 19.9 Å². The van der Waals surface area contributed by atoms with Crippen molar-refractivity contribution in [1.82, 2.24) is 34.9 Å². The molecule has 564 valence electrons. The van der Waals surface area contributed by atoms with Gasteiger partial charge >= 0.3 is 0 Å². The second-order valence-electron chi connectivity index (χ2n) is 29.9. The van der Waals surface area contributed by atoms with Crippen LogP contribution in [-0.2, 0) is 0 Å². The van der Waals surface area contributed by atoms with Crippen molar-refractivity contribution in [1.29, 1.82) is 0 Å². The van der Waals surface area contributed by atoms with E-state index >= 15 is 0 Å². The Balaban J connectivity index is 0.000000159. The third-order valence-electron chi connectivity index (χ3n) is 22.0. The summed E-state index contributed by atoms with van der Waals surface area (Å²) in [4.78, 5) is 30.5. The van der Waals surface area contributed by atoms with Crippen molar-refractivity contribution in [3.63, 3.8) is 0 Å². The average Bonchev–Trinajstić information content (AvgIpc) is 0.785. The number of hydrogen-bond donors (Lipinski definition) is 0. The Hall–Kier alpha value is -16.1. The molecule has 0 radical (unpaired) electrons.